The van der Waals surface area contributed by atoms with Gasteiger partial charge in [0.2, 0.25) is 0 Å². The number of nitrogens with one attached hydrogen (secondary N) is 1. The van der Waals surface area contributed by atoms with Crippen LogP contribution in [-0.2, 0) is 0 Å². The van der Waals surface area contributed by atoms with Gasteiger partial charge in [-0.25, -0.2) is 0 Å². The molecule has 0 radical (unpaired) electrons. The van der Waals surface area contributed by atoms with Crippen molar-refractivity contribution in [2.45, 2.75) is 37.7 Å². The van der Waals surface area contributed by atoms with Crippen molar-refractivity contribution in [1.29, 1.82) is 0 Å². The van der Waals surface area contributed by atoms with Crippen molar-refractivity contribution in [3.63, 3.8) is 0 Å². The lowest BCUT2D eigenvalue weighted by Crippen LogP contribution is -2.33. The molecule has 0 bridgehead atoms. The molecular weight excluding hydrogens is 269 g/mol. The van der Waals surface area contributed by atoms with Gasteiger partial charge in [0.05, 0.1) is 0 Å². The van der Waals surface area contributed by atoms with Crippen molar-refractivity contribution in [1.82, 2.24) is 4.90 Å². The average Bonchev–Trinajstić information content (AvgIpc) is 2.92. The first kappa shape index (κ1) is 13.5. The highest BCUT2D eigenvalue weighted by Crippen LogP contribution is 2.31. The van der Waals surface area contributed by atoms with E-state index in [9.17, 15) is 13.2 Å². The summed E-state index contributed by atoms with van der Waals surface area (Å²) in [6.45, 7) is 2.21. The smallest absolute Gasteiger partial charge is 0.406 e. The maximum absolute atomic E-state index is 12.2. The fourth-order valence-corrected chi connectivity index (χ4v) is 3.25. The van der Waals surface area contributed by atoms with Crippen molar-refractivity contribution in [2.24, 2.45) is 0 Å². The minimum atomic E-state index is -4.64. The molecule has 1 aromatic carbocycles. The van der Waals surface area contributed by atoms with Gasteiger partial charge in [0.1, 0.15) is 5.75 Å². The maximum atomic E-state index is 12.2. The molecule has 20 heavy (non-hydrogen) atoms. The lowest BCUT2D eigenvalue weighted by Gasteiger charge is -2.22. The molecule has 0 amide bonds. The summed E-state index contributed by atoms with van der Waals surface area (Å²) < 4.78 is 40.6. The number of hydrogen-bond acceptors (Lipinski definition) is 3. The topological polar surface area (TPSA) is 24.5 Å². The fraction of sp³-hybridized carbons (Fsp3) is 0.571. The van der Waals surface area contributed by atoms with Crippen LogP contribution < -0.4 is 10.1 Å². The van der Waals surface area contributed by atoms with E-state index in [0.29, 0.717) is 17.8 Å². The zero-order valence-corrected chi connectivity index (χ0v) is 11.0. The quantitative estimate of drug-likeness (QED) is 0.923. The number of benzene rings is 1. The highest BCUT2D eigenvalue weighted by atomic mass is 19.4. The summed E-state index contributed by atoms with van der Waals surface area (Å²) in [7, 11) is 0. The molecule has 2 aliphatic rings. The van der Waals surface area contributed by atoms with Gasteiger partial charge >= 0.3 is 6.36 Å². The molecule has 2 saturated heterocycles. The van der Waals surface area contributed by atoms with Crippen LogP contribution in [0.3, 0.4) is 0 Å². The fourth-order valence-electron chi connectivity index (χ4n) is 3.25. The van der Waals surface area contributed by atoms with Crippen molar-refractivity contribution >= 4 is 5.69 Å². The number of rotatable bonds is 3. The minimum Gasteiger partial charge on any atom is -0.406 e. The summed E-state index contributed by atoms with van der Waals surface area (Å²) in [5.74, 6) is -0.177. The molecule has 0 aromatic heterocycles. The highest BCUT2D eigenvalue weighted by molar-refractivity contribution is 5.49. The number of hydrogen-bond donors (Lipinski definition) is 1. The van der Waals surface area contributed by atoms with Gasteiger partial charge in [-0.15, -0.1) is 13.2 Å². The van der Waals surface area contributed by atoms with E-state index in [4.69, 9.17) is 0 Å². The summed E-state index contributed by atoms with van der Waals surface area (Å²) in [5, 5.41) is 3.35. The van der Waals surface area contributed by atoms with Crippen LogP contribution in [0.15, 0.2) is 24.3 Å². The molecule has 1 N–H and O–H groups in total. The van der Waals surface area contributed by atoms with Crippen LogP contribution in [0.1, 0.15) is 19.3 Å². The largest absolute Gasteiger partial charge is 0.573 e. The standard InChI is InChI=1S/C14H17F3N2O/c15-14(16,17)20-11-4-1-3-10(9-11)18-12-6-8-19-7-2-5-13(12)19/h1,3-4,9,12-13,18H,2,5-8H2. The third kappa shape index (κ3) is 3.00. The number of ether oxygens (including phenoxy) is 1. The summed E-state index contributed by atoms with van der Waals surface area (Å²) in [4.78, 5) is 2.45. The van der Waals surface area contributed by atoms with E-state index in [1.54, 1.807) is 12.1 Å². The van der Waals surface area contributed by atoms with Crippen LogP contribution in [0.2, 0.25) is 0 Å². The van der Waals surface area contributed by atoms with E-state index in [1.165, 1.54) is 18.6 Å². The van der Waals surface area contributed by atoms with Gasteiger partial charge in [-0.1, -0.05) is 6.07 Å². The first-order valence-electron chi connectivity index (χ1n) is 6.88. The normalized spacial score (nSPS) is 26.6. The van der Waals surface area contributed by atoms with Crippen molar-refractivity contribution in [2.75, 3.05) is 18.4 Å². The molecule has 2 heterocycles. The molecule has 1 aromatic rings. The molecule has 110 valence electrons. The number of nitrogens with zero attached hydrogens (tertiary/aromatic N) is 1. The number of anilines is 1. The zero-order chi connectivity index (χ0) is 14.2. The van der Waals surface area contributed by atoms with Crippen LogP contribution in [0, 0.1) is 0 Å². The molecule has 2 unspecified atom stereocenters. The van der Waals surface area contributed by atoms with Gasteiger partial charge in [0, 0.05) is 30.4 Å². The lowest BCUT2D eigenvalue weighted by atomic mass is 10.1. The second-order valence-corrected chi connectivity index (χ2v) is 5.36. The predicted octanol–water partition coefficient (Wildman–Crippen LogP) is 3.23. The molecule has 6 heteroatoms. The molecule has 0 saturated carbocycles. The molecule has 3 nitrogen and oxygen atoms in total. The molecule has 2 fully saturated rings. The molecule has 2 aliphatic heterocycles. The van der Waals surface area contributed by atoms with Crippen molar-refractivity contribution < 1.29 is 17.9 Å². The van der Waals surface area contributed by atoms with E-state index >= 15 is 0 Å². The summed E-state index contributed by atoms with van der Waals surface area (Å²) in [5.41, 5.74) is 0.686. The SMILES string of the molecule is FC(F)(F)Oc1cccc(NC2CCN3CCCC23)c1. The van der Waals surface area contributed by atoms with Crippen LogP contribution >= 0.6 is 0 Å². The predicted molar refractivity (Wildman–Crippen MR) is 69.7 cm³/mol. The summed E-state index contributed by atoms with van der Waals surface area (Å²) in [6.07, 6.45) is -1.24. The second-order valence-electron chi connectivity index (χ2n) is 5.36. The Balaban J connectivity index is 1.67. The Morgan fingerprint density at radius 2 is 2.05 bits per heavy atom. The van der Waals surface area contributed by atoms with E-state index in [-0.39, 0.29) is 5.75 Å². The molecule has 2 atom stereocenters. The Labute approximate surface area is 115 Å². The maximum Gasteiger partial charge on any atom is 0.573 e. The van der Waals surface area contributed by atoms with E-state index < -0.39 is 6.36 Å². The van der Waals surface area contributed by atoms with Crippen LogP contribution in [-0.4, -0.2) is 36.4 Å². The van der Waals surface area contributed by atoms with E-state index in [2.05, 4.69) is 15.0 Å². The van der Waals surface area contributed by atoms with E-state index in [1.807, 2.05) is 0 Å². The van der Waals surface area contributed by atoms with Crippen LogP contribution in [0.5, 0.6) is 5.75 Å². The Morgan fingerprint density at radius 3 is 2.85 bits per heavy atom. The monoisotopic (exact) mass is 286 g/mol. The number of halogens is 3. The zero-order valence-electron chi connectivity index (χ0n) is 11.0. The Bertz CT molecular complexity index is 478. The first-order valence-corrected chi connectivity index (χ1v) is 6.88. The molecule has 0 aliphatic carbocycles. The van der Waals surface area contributed by atoms with E-state index in [0.717, 1.165) is 25.9 Å². The second kappa shape index (κ2) is 5.16. The van der Waals surface area contributed by atoms with Crippen molar-refractivity contribution in [3.05, 3.63) is 24.3 Å². The first-order chi connectivity index (χ1) is 9.51. The van der Waals surface area contributed by atoms with Gasteiger partial charge in [0.25, 0.3) is 0 Å². The minimum absolute atomic E-state index is 0.177. The Morgan fingerprint density at radius 1 is 1.20 bits per heavy atom. The van der Waals surface area contributed by atoms with Gasteiger partial charge in [-0.05, 0) is 37.9 Å². The van der Waals surface area contributed by atoms with Crippen LogP contribution in [0.4, 0.5) is 18.9 Å². The average molecular weight is 286 g/mol. The van der Waals surface area contributed by atoms with Gasteiger partial charge in [-0.3, -0.25) is 4.90 Å². The summed E-state index contributed by atoms with van der Waals surface area (Å²) >= 11 is 0. The number of alkyl halides is 3. The van der Waals surface area contributed by atoms with Gasteiger partial charge in [0.15, 0.2) is 0 Å². The third-order valence-electron chi connectivity index (χ3n) is 4.03. The third-order valence-corrected chi connectivity index (χ3v) is 4.03. The van der Waals surface area contributed by atoms with Crippen LogP contribution in [0.25, 0.3) is 0 Å². The molecular formula is C14H17F3N2O. The van der Waals surface area contributed by atoms with Gasteiger partial charge in [-0.2, -0.15) is 0 Å². The number of fused-ring (bicyclic) bond motifs is 1. The molecule has 3 rings (SSSR count). The highest BCUT2D eigenvalue weighted by Gasteiger charge is 2.37. The Kier molecular flexibility index (Phi) is 3.50. The van der Waals surface area contributed by atoms with Crippen molar-refractivity contribution in [3.8, 4) is 5.75 Å². The molecule has 0 spiro atoms. The summed E-state index contributed by atoms with van der Waals surface area (Å²) in [6, 6.07) is 6.91. The Hall–Kier alpha value is -1.43. The lowest BCUT2D eigenvalue weighted by molar-refractivity contribution is -0.274. The van der Waals surface area contributed by atoms with Gasteiger partial charge < -0.3 is 10.1 Å².